The highest BCUT2D eigenvalue weighted by molar-refractivity contribution is 5.67. The van der Waals surface area contributed by atoms with E-state index in [2.05, 4.69) is 9.88 Å². The van der Waals surface area contributed by atoms with Gasteiger partial charge in [0, 0.05) is 38.8 Å². The Kier molecular flexibility index (Phi) is 6.24. The monoisotopic (exact) mass is 324 g/mol. The van der Waals surface area contributed by atoms with E-state index in [1.807, 2.05) is 4.90 Å². The van der Waals surface area contributed by atoms with E-state index in [1.54, 1.807) is 6.07 Å². The van der Waals surface area contributed by atoms with Gasteiger partial charge in [-0.25, -0.2) is 4.98 Å². The number of aromatic nitrogens is 1. The van der Waals surface area contributed by atoms with Crippen LogP contribution in [0.2, 0.25) is 0 Å². The molecule has 2 heterocycles. The molecule has 0 amide bonds. The van der Waals surface area contributed by atoms with Gasteiger partial charge in [0.2, 0.25) is 0 Å². The van der Waals surface area contributed by atoms with Crippen molar-refractivity contribution in [1.29, 1.82) is 0 Å². The summed E-state index contributed by atoms with van der Waals surface area (Å²) >= 11 is 0. The van der Waals surface area contributed by atoms with Crippen molar-refractivity contribution in [2.45, 2.75) is 6.42 Å². The summed E-state index contributed by atoms with van der Waals surface area (Å²) in [4.78, 5) is 29.2. The van der Waals surface area contributed by atoms with E-state index in [4.69, 9.17) is 9.84 Å². The van der Waals surface area contributed by atoms with E-state index in [9.17, 15) is 14.9 Å². The standard InChI is InChI=1S/C14H20N4O5/c19-14(20)3-4-17(6-5-16-7-9-23-10-8-16)13-2-1-12(11-15-13)18(21)22/h1-2,11H,3-10H2,(H,19,20). The van der Waals surface area contributed by atoms with E-state index in [-0.39, 0.29) is 12.1 Å². The normalized spacial score (nSPS) is 15.3. The summed E-state index contributed by atoms with van der Waals surface area (Å²) in [6.07, 6.45) is 1.18. The average Bonchev–Trinajstić information content (AvgIpc) is 2.56. The van der Waals surface area contributed by atoms with Crippen LogP contribution < -0.4 is 4.90 Å². The highest BCUT2D eigenvalue weighted by Crippen LogP contribution is 2.16. The van der Waals surface area contributed by atoms with Gasteiger partial charge in [0.05, 0.1) is 24.6 Å². The maximum Gasteiger partial charge on any atom is 0.305 e. The second-order valence-corrected chi connectivity index (χ2v) is 5.22. The zero-order valence-corrected chi connectivity index (χ0v) is 12.8. The van der Waals surface area contributed by atoms with Crippen LogP contribution >= 0.6 is 0 Å². The number of hydrogen-bond donors (Lipinski definition) is 1. The predicted octanol–water partition coefficient (Wildman–Crippen LogP) is 0.603. The fourth-order valence-electron chi connectivity index (χ4n) is 2.33. The molecule has 1 N–H and O–H groups in total. The second kappa shape index (κ2) is 8.39. The van der Waals surface area contributed by atoms with Crippen molar-refractivity contribution in [3.8, 4) is 0 Å². The Bertz CT molecular complexity index is 530. The van der Waals surface area contributed by atoms with Crippen molar-refractivity contribution in [3.05, 3.63) is 28.4 Å². The Morgan fingerprint density at radius 3 is 2.70 bits per heavy atom. The van der Waals surface area contributed by atoms with Crippen LogP contribution in [0.4, 0.5) is 11.5 Å². The number of carbonyl (C=O) groups is 1. The van der Waals surface area contributed by atoms with E-state index >= 15 is 0 Å². The molecule has 0 atom stereocenters. The van der Waals surface area contributed by atoms with Gasteiger partial charge in [0.1, 0.15) is 12.0 Å². The van der Waals surface area contributed by atoms with Crippen LogP contribution in [0.1, 0.15) is 6.42 Å². The SMILES string of the molecule is O=C(O)CCN(CCN1CCOCC1)c1ccc([N+](=O)[O-])cn1. The maximum atomic E-state index is 10.8. The highest BCUT2D eigenvalue weighted by atomic mass is 16.6. The number of ether oxygens (including phenoxy) is 1. The first-order valence-corrected chi connectivity index (χ1v) is 7.43. The predicted molar refractivity (Wildman–Crippen MR) is 82.6 cm³/mol. The molecule has 0 radical (unpaired) electrons. The molecule has 126 valence electrons. The van der Waals surface area contributed by atoms with Crippen molar-refractivity contribution >= 4 is 17.5 Å². The quantitative estimate of drug-likeness (QED) is 0.547. The van der Waals surface area contributed by atoms with Crippen LogP contribution in [0, 0.1) is 10.1 Å². The van der Waals surface area contributed by atoms with Crippen LogP contribution in [0.5, 0.6) is 0 Å². The van der Waals surface area contributed by atoms with Crippen LogP contribution in [0.3, 0.4) is 0 Å². The van der Waals surface area contributed by atoms with Crippen molar-refractivity contribution in [2.24, 2.45) is 0 Å². The molecule has 0 bridgehead atoms. The number of aliphatic carboxylic acids is 1. The van der Waals surface area contributed by atoms with Gasteiger partial charge < -0.3 is 14.7 Å². The summed E-state index contributed by atoms with van der Waals surface area (Å²) in [5.74, 6) is -0.339. The van der Waals surface area contributed by atoms with E-state index < -0.39 is 10.9 Å². The molecule has 0 unspecified atom stereocenters. The number of morpholine rings is 1. The topological polar surface area (TPSA) is 109 Å². The lowest BCUT2D eigenvalue weighted by Crippen LogP contribution is -2.42. The number of nitrogens with zero attached hydrogens (tertiary/aromatic N) is 4. The molecule has 1 aromatic heterocycles. The first-order chi connectivity index (χ1) is 11.1. The molecule has 2 rings (SSSR count). The van der Waals surface area contributed by atoms with Crippen molar-refractivity contribution in [3.63, 3.8) is 0 Å². The molecule has 9 heteroatoms. The highest BCUT2D eigenvalue weighted by Gasteiger charge is 2.15. The molecular weight excluding hydrogens is 304 g/mol. The van der Waals surface area contributed by atoms with Crippen LogP contribution in [0.15, 0.2) is 18.3 Å². The largest absolute Gasteiger partial charge is 0.481 e. The lowest BCUT2D eigenvalue weighted by atomic mass is 10.3. The molecule has 1 saturated heterocycles. The summed E-state index contributed by atoms with van der Waals surface area (Å²) in [5, 5.41) is 19.6. The molecule has 1 aliphatic rings. The van der Waals surface area contributed by atoms with Crippen LogP contribution in [-0.2, 0) is 9.53 Å². The summed E-state index contributed by atoms with van der Waals surface area (Å²) in [5.41, 5.74) is -0.0832. The van der Waals surface area contributed by atoms with Crippen molar-refractivity contribution in [1.82, 2.24) is 9.88 Å². The number of carboxylic acids is 1. The minimum atomic E-state index is -0.886. The van der Waals surface area contributed by atoms with E-state index in [1.165, 1.54) is 12.3 Å². The third-order valence-electron chi connectivity index (χ3n) is 3.65. The van der Waals surface area contributed by atoms with Gasteiger partial charge in [-0.15, -0.1) is 0 Å². The Morgan fingerprint density at radius 2 is 2.13 bits per heavy atom. The first kappa shape index (κ1) is 17.1. The van der Waals surface area contributed by atoms with Crippen molar-refractivity contribution in [2.75, 3.05) is 50.8 Å². The lowest BCUT2D eigenvalue weighted by Gasteiger charge is -2.30. The summed E-state index contributed by atoms with van der Waals surface area (Å²) in [6.45, 7) is 4.78. The minimum Gasteiger partial charge on any atom is -0.481 e. The molecule has 0 saturated carbocycles. The third-order valence-corrected chi connectivity index (χ3v) is 3.65. The fraction of sp³-hybridized carbons (Fsp3) is 0.571. The number of hydrogen-bond acceptors (Lipinski definition) is 7. The molecule has 1 fully saturated rings. The summed E-state index contributed by atoms with van der Waals surface area (Å²) < 4.78 is 5.30. The summed E-state index contributed by atoms with van der Waals surface area (Å²) in [6, 6.07) is 2.93. The number of nitro groups is 1. The zero-order valence-electron chi connectivity index (χ0n) is 12.8. The van der Waals surface area contributed by atoms with Gasteiger partial charge >= 0.3 is 5.97 Å². The third kappa shape index (κ3) is 5.46. The lowest BCUT2D eigenvalue weighted by molar-refractivity contribution is -0.385. The minimum absolute atomic E-state index is 0.0121. The van der Waals surface area contributed by atoms with Crippen molar-refractivity contribution < 1.29 is 19.6 Å². The second-order valence-electron chi connectivity index (χ2n) is 5.22. The molecule has 0 aromatic carbocycles. The van der Waals surface area contributed by atoms with Gasteiger partial charge in [0.25, 0.3) is 5.69 Å². The van der Waals surface area contributed by atoms with Gasteiger partial charge in [-0.1, -0.05) is 0 Å². The van der Waals surface area contributed by atoms with Crippen LogP contribution in [-0.4, -0.2) is 71.8 Å². The Labute approximate surface area is 133 Å². The molecule has 0 spiro atoms. The maximum absolute atomic E-state index is 10.8. The van der Waals surface area contributed by atoms with Gasteiger partial charge in [-0.3, -0.25) is 19.8 Å². The van der Waals surface area contributed by atoms with Gasteiger partial charge in [-0.05, 0) is 6.07 Å². The molecule has 1 aromatic rings. The fourth-order valence-corrected chi connectivity index (χ4v) is 2.33. The Balaban J connectivity index is 1.99. The molecular formula is C14H20N4O5. The number of rotatable bonds is 8. The van der Waals surface area contributed by atoms with E-state index in [0.29, 0.717) is 32.1 Å². The molecule has 23 heavy (non-hydrogen) atoms. The Hall–Kier alpha value is -2.26. The summed E-state index contributed by atoms with van der Waals surface area (Å²) in [7, 11) is 0. The number of carboxylic acid groups (broad SMARTS) is 1. The molecule has 9 nitrogen and oxygen atoms in total. The average molecular weight is 324 g/mol. The molecule has 1 aliphatic heterocycles. The van der Waals surface area contributed by atoms with Gasteiger partial charge in [0.15, 0.2) is 0 Å². The zero-order chi connectivity index (χ0) is 16.7. The number of pyridine rings is 1. The first-order valence-electron chi connectivity index (χ1n) is 7.43. The number of anilines is 1. The van der Waals surface area contributed by atoms with Gasteiger partial charge in [-0.2, -0.15) is 0 Å². The van der Waals surface area contributed by atoms with Crippen LogP contribution in [0.25, 0.3) is 0 Å². The molecule has 0 aliphatic carbocycles. The Morgan fingerprint density at radius 1 is 1.39 bits per heavy atom. The smallest absolute Gasteiger partial charge is 0.305 e. The van der Waals surface area contributed by atoms with E-state index in [0.717, 1.165) is 19.6 Å².